The molecule has 0 amide bonds. The van der Waals surface area contributed by atoms with Crippen molar-refractivity contribution in [1.29, 1.82) is 0 Å². The van der Waals surface area contributed by atoms with E-state index in [4.69, 9.17) is 0 Å². The van der Waals surface area contributed by atoms with E-state index in [0.717, 1.165) is 24.7 Å². The molecule has 2 aliphatic rings. The SMILES string of the molecule is CCC1CCC(CCC(=O)[O-])C1.CCC1CCC(CCC(=O)[O-])CC1.[Mg+2].[Mg+2]. The summed E-state index contributed by atoms with van der Waals surface area (Å²) < 4.78 is 0. The molecule has 6 heteroatoms. The molecular weight excluding hydrogens is 365 g/mol. The van der Waals surface area contributed by atoms with Crippen LogP contribution in [0.2, 0.25) is 0 Å². The third-order valence-electron chi connectivity index (χ3n) is 6.28. The second-order valence-electron chi connectivity index (χ2n) is 8.07. The molecule has 0 aromatic heterocycles. The van der Waals surface area contributed by atoms with Gasteiger partial charge in [0.1, 0.15) is 0 Å². The first-order chi connectivity index (χ1) is 11.9. The molecule has 2 atom stereocenters. The number of carbonyl (C=O) groups is 2. The molecule has 0 saturated heterocycles. The van der Waals surface area contributed by atoms with Crippen molar-refractivity contribution < 1.29 is 19.8 Å². The molecule has 4 nitrogen and oxygen atoms in total. The molecule has 2 saturated carbocycles. The van der Waals surface area contributed by atoms with Crippen molar-refractivity contribution in [2.75, 3.05) is 0 Å². The van der Waals surface area contributed by atoms with E-state index < -0.39 is 11.9 Å². The fraction of sp³-hybridized carbons (Fsp3) is 0.905. The zero-order chi connectivity index (χ0) is 18.7. The molecule has 2 aliphatic carbocycles. The van der Waals surface area contributed by atoms with Crippen LogP contribution in [-0.2, 0) is 9.59 Å². The van der Waals surface area contributed by atoms with Crippen LogP contribution in [0, 0.1) is 23.7 Å². The van der Waals surface area contributed by atoms with E-state index in [1.165, 1.54) is 57.8 Å². The molecule has 2 unspecified atom stereocenters. The maximum atomic E-state index is 10.3. The second kappa shape index (κ2) is 17.3. The number of hydrogen-bond donors (Lipinski definition) is 0. The Bertz CT molecular complexity index is 396. The fourth-order valence-corrected chi connectivity index (χ4v) is 4.38. The van der Waals surface area contributed by atoms with Crippen LogP contribution in [0.3, 0.4) is 0 Å². The molecule has 0 N–H and O–H groups in total. The molecule has 0 bridgehead atoms. The number of carboxylic acid groups (broad SMARTS) is 2. The van der Waals surface area contributed by atoms with E-state index >= 15 is 0 Å². The summed E-state index contributed by atoms with van der Waals surface area (Å²) >= 11 is 0. The predicted octanol–water partition coefficient (Wildman–Crippen LogP) is 2.31. The number of carboxylic acids is 2. The van der Waals surface area contributed by atoms with Crippen LogP contribution >= 0.6 is 0 Å². The van der Waals surface area contributed by atoms with Gasteiger partial charge in [-0.3, -0.25) is 0 Å². The van der Waals surface area contributed by atoms with Crippen molar-refractivity contribution in [3.8, 4) is 0 Å². The number of aliphatic carboxylic acids is 2. The van der Waals surface area contributed by atoms with Gasteiger partial charge in [-0.05, 0) is 55.8 Å². The van der Waals surface area contributed by atoms with Crippen LogP contribution in [0.15, 0.2) is 0 Å². The van der Waals surface area contributed by atoms with Gasteiger partial charge in [0.25, 0.3) is 0 Å². The van der Waals surface area contributed by atoms with Crippen LogP contribution < -0.4 is 10.2 Å². The molecule has 146 valence electrons. The van der Waals surface area contributed by atoms with Gasteiger partial charge in [0, 0.05) is 11.9 Å². The van der Waals surface area contributed by atoms with Crippen LogP contribution in [0.4, 0.5) is 0 Å². The van der Waals surface area contributed by atoms with Crippen LogP contribution in [-0.4, -0.2) is 58.0 Å². The Kier molecular flexibility index (Phi) is 19.1. The Morgan fingerprint density at radius 1 is 0.667 bits per heavy atom. The van der Waals surface area contributed by atoms with E-state index in [9.17, 15) is 19.8 Å². The fourth-order valence-electron chi connectivity index (χ4n) is 4.38. The minimum Gasteiger partial charge on any atom is -0.550 e. The van der Waals surface area contributed by atoms with E-state index in [2.05, 4.69) is 13.8 Å². The summed E-state index contributed by atoms with van der Waals surface area (Å²) in [6, 6.07) is 0. The number of rotatable bonds is 8. The summed E-state index contributed by atoms with van der Waals surface area (Å²) in [5, 5.41) is 20.4. The maximum Gasteiger partial charge on any atom is 2.00 e. The molecular formula is C21H36Mg2O4+2. The van der Waals surface area contributed by atoms with Crippen LogP contribution in [0.1, 0.15) is 97.3 Å². The average Bonchev–Trinajstić information content (AvgIpc) is 3.07. The van der Waals surface area contributed by atoms with E-state index in [0.29, 0.717) is 11.8 Å². The van der Waals surface area contributed by atoms with Gasteiger partial charge in [-0.2, -0.15) is 0 Å². The Hall–Kier alpha value is 0.472. The molecule has 0 radical (unpaired) electrons. The minimum absolute atomic E-state index is 0. The van der Waals surface area contributed by atoms with Crippen molar-refractivity contribution in [3.05, 3.63) is 0 Å². The van der Waals surface area contributed by atoms with E-state index in [1.54, 1.807) is 0 Å². The summed E-state index contributed by atoms with van der Waals surface area (Å²) in [6.07, 6.45) is 13.5. The van der Waals surface area contributed by atoms with Gasteiger partial charge in [-0.15, -0.1) is 0 Å². The minimum atomic E-state index is -0.894. The molecule has 2 rings (SSSR count). The third kappa shape index (κ3) is 14.2. The summed E-state index contributed by atoms with van der Waals surface area (Å²) in [5.74, 6) is 1.29. The van der Waals surface area contributed by atoms with Gasteiger partial charge in [-0.25, -0.2) is 0 Å². The van der Waals surface area contributed by atoms with Crippen molar-refractivity contribution in [3.63, 3.8) is 0 Å². The molecule has 2 fully saturated rings. The number of carbonyl (C=O) groups excluding carboxylic acids is 2. The maximum absolute atomic E-state index is 10.3. The van der Waals surface area contributed by atoms with Crippen molar-refractivity contribution in [2.45, 2.75) is 97.3 Å². The van der Waals surface area contributed by atoms with Gasteiger partial charge in [-0.1, -0.05) is 65.2 Å². The topological polar surface area (TPSA) is 80.3 Å². The smallest absolute Gasteiger partial charge is 0.550 e. The molecule has 27 heavy (non-hydrogen) atoms. The van der Waals surface area contributed by atoms with Crippen molar-refractivity contribution in [2.24, 2.45) is 23.7 Å². The first-order valence-electron chi connectivity index (χ1n) is 10.3. The Balaban J connectivity index is 0. The number of hydrogen-bond acceptors (Lipinski definition) is 4. The molecule has 0 heterocycles. The zero-order valence-electron chi connectivity index (χ0n) is 17.5. The van der Waals surface area contributed by atoms with Crippen LogP contribution in [0.25, 0.3) is 0 Å². The Morgan fingerprint density at radius 3 is 1.44 bits per heavy atom. The Morgan fingerprint density at radius 2 is 1.04 bits per heavy atom. The third-order valence-corrected chi connectivity index (χ3v) is 6.28. The predicted molar refractivity (Wildman–Crippen MR) is 107 cm³/mol. The van der Waals surface area contributed by atoms with Gasteiger partial charge < -0.3 is 19.8 Å². The van der Waals surface area contributed by atoms with Gasteiger partial charge in [0.15, 0.2) is 0 Å². The second-order valence-corrected chi connectivity index (χ2v) is 8.07. The normalized spacial score (nSPS) is 26.7. The largest absolute Gasteiger partial charge is 2.00 e. The molecule has 0 spiro atoms. The van der Waals surface area contributed by atoms with E-state index in [-0.39, 0.29) is 58.9 Å². The average molecular weight is 401 g/mol. The molecule has 0 aromatic carbocycles. The first kappa shape index (κ1) is 29.7. The Labute approximate surface area is 197 Å². The van der Waals surface area contributed by atoms with Gasteiger partial charge >= 0.3 is 46.1 Å². The quantitative estimate of drug-likeness (QED) is 0.585. The zero-order valence-corrected chi connectivity index (χ0v) is 20.4. The standard InChI is InChI=1S/C11H20O2.C10H18O2.2Mg/c1-2-9-3-5-10(6-4-9)7-8-11(12)13;1-2-8-3-4-9(7-8)5-6-10(11)12;;/h9-10H,2-8H2,1H3,(H,12,13);8-9H,2-7H2,1H3,(H,11,12);;/q;;2*+2/p-2. The van der Waals surface area contributed by atoms with E-state index in [1.807, 2.05) is 0 Å². The van der Waals surface area contributed by atoms with Gasteiger partial charge in [0.2, 0.25) is 0 Å². The summed E-state index contributed by atoms with van der Waals surface area (Å²) in [7, 11) is 0. The molecule has 0 aliphatic heterocycles. The van der Waals surface area contributed by atoms with Gasteiger partial charge in [0.05, 0.1) is 0 Å². The van der Waals surface area contributed by atoms with Crippen molar-refractivity contribution >= 4 is 58.0 Å². The first-order valence-corrected chi connectivity index (χ1v) is 10.3. The summed E-state index contributed by atoms with van der Waals surface area (Å²) in [6.45, 7) is 4.46. The summed E-state index contributed by atoms with van der Waals surface area (Å²) in [5.41, 5.74) is 0. The van der Waals surface area contributed by atoms with Crippen molar-refractivity contribution in [1.82, 2.24) is 0 Å². The van der Waals surface area contributed by atoms with Crippen LogP contribution in [0.5, 0.6) is 0 Å². The summed E-state index contributed by atoms with van der Waals surface area (Å²) in [4.78, 5) is 20.4. The molecule has 0 aromatic rings. The monoisotopic (exact) mass is 400 g/mol.